The SMILES string of the molecule is O=C1CCC(N2Cc3c(NC(=O)COCCNC(=O)[C@]4(Cc5cccc(Nc6nccs6)n5)CC[C@@H](Oc5cccc(Cl)c5F)CC4)cccc3C2=O)C(=O)N1. The van der Waals surface area contributed by atoms with E-state index in [-0.39, 0.29) is 73.7 Å². The summed E-state index contributed by atoms with van der Waals surface area (Å²) in [6.45, 7) is -0.0126. The van der Waals surface area contributed by atoms with Crippen LogP contribution in [0, 0.1) is 11.2 Å². The second kappa shape index (κ2) is 17.1. The molecule has 17 heteroatoms. The van der Waals surface area contributed by atoms with E-state index in [1.165, 1.54) is 28.4 Å². The third-order valence-electron chi connectivity index (χ3n) is 10.2. The fourth-order valence-electron chi connectivity index (χ4n) is 7.37. The number of hydrogen-bond donors (Lipinski definition) is 4. The molecule has 4 heterocycles. The molecule has 292 valence electrons. The zero-order valence-corrected chi connectivity index (χ0v) is 31.7. The molecule has 7 rings (SSSR count). The van der Waals surface area contributed by atoms with E-state index in [0.29, 0.717) is 65.6 Å². The zero-order valence-electron chi connectivity index (χ0n) is 30.1. The number of anilines is 3. The predicted molar refractivity (Wildman–Crippen MR) is 205 cm³/mol. The smallest absolute Gasteiger partial charge is 0.255 e. The second-order valence-electron chi connectivity index (χ2n) is 13.9. The average Bonchev–Trinajstić information content (AvgIpc) is 3.82. The molecular weight excluding hydrogens is 765 g/mol. The van der Waals surface area contributed by atoms with E-state index in [0.717, 1.165) is 0 Å². The van der Waals surface area contributed by atoms with Crippen LogP contribution >= 0.6 is 22.9 Å². The molecule has 0 spiro atoms. The van der Waals surface area contributed by atoms with Crippen molar-refractivity contribution in [1.29, 1.82) is 0 Å². The minimum Gasteiger partial charge on any atom is -0.487 e. The lowest BCUT2D eigenvalue weighted by molar-refractivity contribution is -0.137. The summed E-state index contributed by atoms with van der Waals surface area (Å²) in [5.41, 5.74) is 1.24. The van der Waals surface area contributed by atoms with Crippen LogP contribution in [0.5, 0.6) is 5.75 Å². The Hall–Kier alpha value is -5.45. The number of halogens is 2. The molecule has 1 unspecified atom stereocenters. The minimum absolute atomic E-state index is 0.0255. The number of hydrogen-bond acceptors (Lipinski definition) is 11. The first-order chi connectivity index (χ1) is 27.1. The number of ether oxygens (including phenoxy) is 2. The first-order valence-corrected chi connectivity index (χ1v) is 19.5. The topological polar surface area (TPSA) is 181 Å². The van der Waals surface area contributed by atoms with Gasteiger partial charge in [0.05, 0.1) is 23.1 Å². The van der Waals surface area contributed by atoms with Gasteiger partial charge in [0.2, 0.25) is 23.6 Å². The van der Waals surface area contributed by atoms with Crippen molar-refractivity contribution in [3.05, 3.63) is 93.8 Å². The Morgan fingerprint density at radius 3 is 2.64 bits per heavy atom. The van der Waals surface area contributed by atoms with Gasteiger partial charge in [0.15, 0.2) is 16.7 Å². The summed E-state index contributed by atoms with van der Waals surface area (Å²) in [6.07, 6.45) is 3.98. The summed E-state index contributed by atoms with van der Waals surface area (Å²) in [5.74, 6) is -1.83. The van der Waals surface area contributed by atoms with Gasteiger partial charge in [0, 0.05) is 60.0 Å². The van der Waals surface area contributed by atoms with E-state index < -0.39 is 29.1 Å². The maximum atomic E-state index is 14.6. The van der Waals surface area contributed by atoms with Crippen LogP contribution < -0.4 is 26.0 Å². The highest BCUT2D eigenvalue weighted by Gasteiger charge is 2.43. The summed E-state index contributed by atoms with van der Waals surface area (Å²) >= 11 is 7.41. The van der Waals surface area contributed by atoms with Crippen molar-refractivity contribution in [2.24, 2.45) is 5.41 Å². The van der Waals surface area contributed by atoms with E-state index in [2.05, 4.69) is 26.3 Å². The van der Waals surface area contributed by atoms with Gasteiger partial charge in [-0.15, -0.1) is 11.3 Å². The van der Waals surface area contributed by atoms with Crippen molar-refractivity contribution in [3.63, 3.8) is 0 Å². The Kier molecular flexibility index (Phi) is 11.9. The zero-order chi connectivity index (χ0) is 39.2. The molecule has 2 aliphatic heterocycles. The molecule has 4 N–H and O–H groups in total. The number of pyridine rings is 1. The molecule has 1 aliphatic carbocycles. The quantitative estimate of drug-likeness (QED) is 0.0983. The summed E-state index contributed by atoms with van der Waals surface area (Å²) in [4.78, 5) is 74.5. The molecule has 2 aromatic heterocycles. The van der Waals surface area contributed by atoms with E-state index >= 15 is 0 Å². The van der Waals surface area contributed by atoms with E-state index in [1.54, 1.807) is 30.5 Å². The van der Waals surface area contributed by atoms with Crippen LogP contribution in [0.1, 0.15) is 60.1 Å². The van der Waals surface area contributed by atoms with Crippen molar-refractivity contribution in [2.45, 2.75) is 63.6 Å². The number of carbonyl (C=O) groups excluding carboxylic acids is 5. The van der Waals surface area contributed by atoms with Gasteiger partial charge in [-0.1, -0.05) is 29.8 Å². The van der Waals surface area contributed by atoms with E-state index in [4.69, 9.17) is 26.1 Å². The highest BCUT2D eigenvalue weighted by atomic mass is 35.5. The fraction of sp³-hybridized carbons (Fsp3) is 0.359. The van der Waals surface area contributed by atoms with Gasteiger partial charge in [-0.05, 0) is 68.5 Å². The monoisotopic (exact) mass is 803 g/mol. The third kappa shape index (κ3) is 8.82. The van der Waals surface area contributed by atoms with Crippen LogP contribution in [0.2, 0.25) is 5.02 Å². The van der Waals surface area contributed by atoms with Gasteiger partial charge < -0.3 is 30.3 Å². The number of nitrogens with zero attached hydrogens (tertiary/aromatic N) is 3. The van der Waals surface area contributed by atoms with Crippen molar-refractivity contribution in [2.75, 3.05) is 30.4 Å². The molecule has 1 atom stereocenters. The molecule has 1 saturated heterocycles. The molecule has 2 fully saturated rings. The Balaban J connectivity index is 0.938. The number of fused-ring (bicyclic) bond motifs is 1. The van der Waals surface area contributed by atoms with Crippen LogP contribution in [0.4, 0.5) is 21.0 Å². The number of aromatic nitrogens is 2. The number of thiazole rings is 1. The lowest BCUT2D eigenvalue weighted by atomic mass is 9.69. The van der Waals surface area contributed by atoms with Crippen LogP contribution in [-0.2, 0) is 36.9 Å². The third-order valence-corrected chi connectivity index (χ3v) is 11.2. The molecule has 1 saturated carbocycles. The minimum atomic E-state index is -0.843. The molecule has 4 aromatic rings. The van der Waals surface area contributed by atoms with Crippen LogP contribution in [0.25, 0.3) is 0 Å². The van der Waals surface area contributed by atoms with Gasteiger partial charge >= 0.3 is 0 Å². The van der Waals surface area contributed by atoms with Gasteiger partial charge in [-0.25, -0.2) is 14.4 Å². The van der Waals surface area contributed by atoms with Crippen LogP contribution in [0.15, 0.2) is 66.2 Å². The predicted octanol–water partition coefficient (Wildman–Crippen LogP) is 5.16. The molecule has 14 nitrogen and oxygen atoms in total. The molecular formula is C39H39ClFN7O7S. The number of benzene rings is 2. The lowest BCUT2D eigenvalue weighted by Crippen LogP contribution is -2.52. The Bertz CT molecular complexity index is 2130. The average molecular weight is 804 g/mol. The van der Waals surface area contributed by atoms with Crippen LogP contribution in [0.3, 0.4) is 0 Å². The molecule has 3 aliphatic rings. The Labute approximate surface area is 330 Å². The van der Waals surface area contributed by atoms with Crippen LogP contribution in [-0.4, -0.2) is 76.3 Å². The highest BCUT2D eigenvalue weighted by Crippen LogP contribution is 2.41. The normalized spacial score (nSPS) is 20.6. The number of piperidine rings is 1. The molecule has 2 aromatic carbocycles. The van der Waals surface area contributed by atoms with Gasteiger partial charge in [0.1, 0.15) is 18.5 Å². The highest BCUT2D eigenvalue weighted by molar-refractivity contribution is 7.13. The molecule has 56 heavy (non-hydrogen) atoms. The lowest BCUT2D eigenvalue weighted by Gasteiger charge is -2.39. The second-order valence-corrected chi connectivity index (χ2v) is 15.2. The van der Waals surface area contributed by atoms with Crippen molar-refractivity contribution in [1.82, 2.24) is 25.5 Å². The van der Waals surface area contributed by atoms with E-state index in [1.807, 2.05) is 23.6 Å². The Morgan fingerprint density at radius 1 is 1.05 bits per heavy atom. The summed E-state index contributed by atoms with van der Waals surface area (Å²) < 4.78 is 26.2. The standard InChI is InChI=1S/C39H39ClFN7O7S/c40-27-6-3-8-30(34(27)41)55-24-12-14-39(15-13-24,20-23-4-1-9-31(44-23)46-38-43-17-19-56-38)37(53)42-16-18-54-22-33(50)45-28-7-2-5-25-26(28)21-48(36(25)52)29-10-11-32(49)47-35(29)51/h1-9,17,19,24,29H,10-16,18,20-22H2,(H,42,53)(H,45,50)(H,43,44,46)(H,47,49,51)/t24-,29?,39-. The van der Waals surface area contributed by atoms with Crippen molar-refractivity contribution >= 4 is 69.1 Å². The number of rotatable bonds is 14. The summed E-state index contributed by atoms with van der Waals surface area (Å²) in [5, 5.41) is 13.8. The first-order valence-electron chi connectivity index (χ1n) is 18.2. The number of imide groups is 1. The maximum Gasteiger partial charge on any atom is 0.255 e. The molecule has 0 radical (unpaired) electrons. The Morgan fingerprint density at radius 2 is 1.86 bits per heavy atom. The largest absolute Gasteiger partial charge is 0.487 e. The number of nitrogens with one attached hydrogen (secondary N) is 4. The summed E-state index contributed by atoms with van der Waals surface area (Å²) in [6, 6.07) is 14.4. The molecule has 5 amide bonds. The van der Waals surface area contributed by atoms with Gasteiger partial charge in [-0.2, -0.15) is 0 Å². The maximum absolute atomic E-state index is 14.6. The van der Waals surface area contributed by atoms with E-state index in [9.17, 15) is 28.4 Å². The number of carbonyl (C=O) groups is 5. The fourth-order valence-corrected chi connectivity index (χ4v) is 8.07. The first kappa shape index (κ1) is 38.8. The number of amides is 5. The van der Waals surface area contributed by atoms with Crippen molar-refractivity contribution < 1.29 is 37.8 Å². The van der Waals surface area contributed by atoms with Gasteiger partial charge in [0.25, 0.3) is 5.91 Å². The summed E-state index contributed by atoms with van der Waals surface area (Å²) in [7, 11) is 0. The van der Waals surface area contributed by atoms with Crippen molar-refractivity contribution in [3.8, 4) is 5.75 Å². The van der Waals surface area contributed by atoms with Gasteiger partial charge in [-0.3, -0.25) is 29.3 Å². The molecule has 0 bridgehead atoms.